The van der Waals surface area contributed by atoms with Gasteiger partial charge in [-0.3, -0.25) is 4.79 Å². The van der Waals surface area contributed by atoms with E-state index in [1.807, 2.05) is 0 Å². The largest absolute Gasteiger partial charge is 0.481 e. The van der Waals surface area contributed by atoms with Crippen LogP contribution < -0.4 is 0 Å². The minimum atomic E-state index is -0.715. The normalized spacial score (nSPS) is 58.8. The number of hydrogen-bond donors (Lipinski definition) is 1. The van der Waals surface area contributed by atoms with E-state index in [4.69, 9.17) is 14.6 Å². The topological polar surface area (TPSA) is 55.8 Å². The highest BCUT2D eigenvalue weighted by Crippen LogP contribution is 2.56. The highest BCUT2D eigenvalue weighted by Gasteiger charge is 2.64. The fraction of sp³-hybridized carbons (Fsp3) is 0.727. The molecular formula is C11H12O4. The number of aliphatic carboxylic acids is 1. The maximum Gasteiger partial charge on any atom is 0.309 e. The quantitative estimate of drug-likeness (QED) is 0.635. The molecule has 4 rings (SSSR count). The van der Waals surface area contributed by atoms with Crippen LogP contribution in [0.3, 0.4) is 0 Å². The maximum atomic E-state index is 11.0. The zero-order valence-electron chi connectivity index (χ0n) is 8.08. The number of carboxylic acid groups (broad SMARTS) is 1. The molecule has 0 aromatic heterocycles. The van der Waals surface area contributed by atoms with Crippen LogP contribution in [0.5, 0.6) is 0 Å². The van der Waals surface area contributed by atoms with Crippen molar-refractivity contribution in [2.75, 3.05) is 0 Å². The molecule has 0 amide bonds. The first-order chi connectivity index (χ1) is 7.25. The van der Waals surface area contributed by atoms with Crippen LogP contribution in [0.1, 0.15) is 6.42 Å². The van der Waals surface area contributed by atoms with Gasteiger partial charge in [0.1, 0.15) is 0 Å². The lowest BCUT2D eigenvalue weighted by molar-refractivity contribution is -0.144. The minimum absolute atomic E-state index is 0.108. The molecule has 4 heterocycles. The van der Waals surface area contributed by atoms with E-state index in [0.29, 0.717) is 18.3 Å². The van der Waals surface area contributed by atoms with Crippen molar-refractivity contribution in [2.45, 2.75) is 30.8 Å². The third kappa shape index (κ3) is 0.835. The van der Waals surface area contributed by atoms with E-state index >= 15 is 0 Å². The standard InChI is InChI=1S/C11H12O4/c12-11(13)4-3-7-8-5-1-2-6(14-5)9(8)10(4)15-7/h1-2,4-10H,3H2,(H,12,13). The van der Waals surface area contributed by atoms with Crippen LogP contribution in [0.15, 0.2) is 12.2 Å². The Morgan fingerprint density at radius 2 is 1.93 bits per heavy atom. The van der Waals surface area contributed by atoms with Gasteiger partial charge < -0.3 is 14.6 Å². The number of carboxylic acids is 1. The predicted molar refractivity (Wildman–Crippen MR) is 49.2 cm³/mol. The van der Waals surface area contributed by atoms with Crippen LogP contribution in [0, 0.1) is 17.8 Å². The van der Waals surface area contributed by atoms with Crippen molar-refractivity contribution in [3.05, 3.63) is 12.2 Å². The molecule has 0 saturated carbocycles. The van der Waals surface area contributed by atoms with Crippen molar-refractivity contribution >= 4 is 5.97 Å². The predicted octanol–water partition coefficient (Wildman–Crippen LogP) is 0.428. The maximum absolute atomic E-state index is 11.0. The summed E-state index contributed by atoms with van der Waals surface area (Å²) in [6.07, 6.45) is 5.13. The second-order valence-electron chi connectivity index (χ2n) is 4.92. The minimum Gasteiger partial charge on any atom is -0.481 e. The van der Waals surface area contributed by atoms with Crippen molar-refractivity contribution in [3.63, 3.8) is 0 Å². The molecule has 4 aliphatic heterocycles. The monoisotopic (exact) mass is 208 g/mol. The molecule has 3 saturated heterocycles. The van der Waals surface area contributed by atoms with Gasteiger partial charge in [-0.25, -0.2) is 0 Å². The van der Waals surface area contributed by atoms with Crippen LogP contribution >= 0.6 is 0 Å². The Balaban J connectivity index is 1.71. The number of carbonyl (C=O) groups is 1. The fourth-order valence-electron chi connectivity index (χ4n) is 3.82. The summed E-state index contributed by atoms with van der Waals surface area (Å²) in [5.41, 5.74) is 0. The Kier molecular flexibility index (Phi) is 1.35. The Hall–Kier alpha value is -0.870. The van der Waals surface area contributed by atoms with Gasteiger partial charge in [0, 0.05) is 11.8 Å². The molecule has 7 atom stereocenters. The first-order valence-corrected chi connectivity index (χ1v) is 5.48. The summed E-state index contributed by atoms with van der Waals surface area (Å²) >= 11 is 0. The van der Waals surface area contributed by atoms with Gasteiger partial charge in [0.25, 0.3) is 0 Å². The van der Waals surface area contributed by atoms with Gasteiger partial charge in [-0.15, -0.1) is 0 Å². The van der Waals surface area contributed by atoms with Crippen LogP contribution in [-0.2, 0) is 14.3 Å². The van der Waals surface area contributed by atoms with Crippen molar-refractivity contribution in [3.8, 4) is 0 Å². The van der Waals surface area contributed by atoms with Gasteiger partial charge in [0.15, 0.2) is 0 Å². The van der Waals surface area contributed by atoms with Crippen LogP contribution in [0.2, 0.25) is 0 Å². The number of ether oxygens (including phenoxy) is 2. The molecule has 1 N–H and O–H groups in total. The molecule has 0 aliphatic carbocycles. The van der Waals surface area contributed by atoms with E-state index in [-0.39, 0.29) is 30.3 Å². The zero-order chi connectivity index (χ0) is 10.2. The molecule has 4 nitrogen and oxygen atoms in total. The molecular weight excluding hydrogens is 196 g/mol. The summed E-state index contributed by atoms with van der Waals surface area (Å²) in [6, 6.07) is 0. The Labute approximate surface area is 86.9 Å². The smallest absolute Gasteiger partial charge is 0.309 e. The average Bonchev–Trinajstić information content (AvgIpc) is 2.95. The van der Waals surface area contributed by atoms with Crippen molar-refractivity contribution in [1.82, 2.24) is 0 Å². The average molecular weight is 208 g/mol. The highest BCUT2D eigenvalue weighted by molar-refractivity contribution is 5.71. The molecule has 4 aliphatic rings. The van der Waals surface area contributed by atoms with Gasteiger partial charge in [-0.05, 0) is 6.42 Å². The molecule has 4 heteroatoms. The van der Waals surface area contributed by atoms with Crippen LogP contribution in [0.4, 0.5) is 0 Å². The van der Waals surface area contributed by atoms with Gasteiger partial charge in [0.2, 0.25) is 0 Å². The van der Waals surface area contributed by atoms with E-state index in [9.17, 15) is 4.79 Å². The second-order valence-corrected chi connectivity index (χ2v) is 4.92. The van der Waals surface area contributed by atoms with Gasteiger partial charge in [-0.1, -0.05) is 12.2 Å². The lowest BCUT2D eigenvalue weighted by Crippen LogP contribution is -2.40. The van der Waals surface area contributed by atoms with Gasteiger partial charge in [0.05, 0.1) is 30.3 Å². The van der Waals surface area contributed by atoms with Crippen molar-refractivity contribution in [2.24, 2.45) is 17.8 Å². The molecule has 0 aromatic carbocycles. The molecule has 7 unspecified atom stereocenters. The first kappa shape index (κ1) is 8.30. The summed E-state index contributed by atoms with van der Waals surface area (Å²) in [5.74, 6) is -0.319. The Morgan fingerprint density at radius 3 is 2.67 bits per heavy atom. The van der Waals surface area contributed by atoms with E-state index in [1.54, 1.807) is 0 Å². The third-order valence-electron chi connectivity index (χ3n) is 4.35. The van der Waals surface area contributed by atoms with Gasteiger partial charge >= 0.3 is 5.97 Å². The summed E-state index contributed by atoms with van der Waals surface area (Å²) in [7, 11) is 0. The third-order valence-corrected chi connectivity index (χ3v) is 4.35. The van der Waals surface area contributed by atoms with Crippen LogP contribution in [-0.4, -0.2) is 35.5 Å². The fourth-order valence-corrected chi connectivity index (χ4v) is 3.82. The molecule has 3 fully saturated rings. The Morgan fingerprint density at radius 1 is 1.20 bits per heavy atom. The molecule has 80 valence electrons. The number of rotatable bonds is 1. The zero-order valence-corrected chi connectivity index (χ0v) is 8.08. The molecule has 0 spiro atoms. The lowest BCUT2D eigenvalue weighted by Gasteiger charge is -2.29. The second kappa shape index (κ2) is 2.44. The highest BCUT2D eigenvalue weighted by atomic mass is 16.5. The van der Waals surface area contributed by atoms with Crippen molar-refractivity contribution < 1.29 is 19.4 Å². The summed E-state index contributed by atoms with van der Waals surface area (Å²) < 4.78 is 11.6. The molecule has 4 bridgehead atoms. The van der Waals surface area contributed by atoms with Crippen molar-refractivity contribution in [1.29, 1.82) is 0 Å². The summed E-state index contributed by atoms with van der Waals surface area (Å²) in [6.45, 7) is 0. The SMILES string of the molecule is O=C(O)C1CC2OC1C1C3C=CC(O3)C21. The molecule has 0 aromatic rings. The van der Waals surface area contributed by atoms with Crippen LogP contribution in [0.25, 0.3) is 0 Å². The number of hydrogen-bond acceptors (Lipinski definition) is 3. The number of fused-ring (bicyclic) bond motifs is 9. The van der Waals surface area contributed by atoms with E-state index < -0.39 is 5.97 Å². The molecule has 0 radical (unpaired) electrons. The van der Waals surface area contributed by atoms with E-state index in [1.165, 1.54) is 0 Å². The van der Waals surface area contributed by atoms with Gasteiger partial charge in [-0.2, -0.15) is 0 Å². The first-order valence-electron chi connectivity index (χ1n) is 5.48. The Bertz CT molecular complexity index is 364. The van der Waals surface area contributed by atoms with E-state index in [0.717, 1.165) is 0 Å². The van der Waals surface area contributed by atoms with E-state index in [2.05, 4.69) is 12.2 Å². The summed E-state index contributed by atoms with van der Waals surface area (Å²) in [5, 5.41) is 9.09. The summed E-state index contributed by atoms with van der Waals surface area (Å²) in [4.78, 5) is 11.0. The lowest BCUT2D eigenvalue weighted by atomic mass is 9.69. The molecule has 15 heavy (non-hydrogen) atoms.